The number of nitrogens with one attached hydrogen (secondary N) is 1. The van der Waals surface area contributed by atoms with Crippen molar-refractivity contribution in [2.75, 3.05) is 12.4 Å². The van der Waals surface area contributed by atoms with E-state index >= 15 is 0 Å². The number of anilines is 1. The molecule has 7 heteroatoms. The zero-order valence-electron chi connectivity index (χ0n) is 13.6. The minimum atomic E-state index is -0.289. The van der Waals surface area contributed by atoms with Gasteiger partial charge >= 0.3 is 0 Å². The van der Waals surface area contributed by atoms with Crippen LogP contribution in [0.15, 0.2) is 30.6 Å². The largest absolute Gasteiger partial charge is 0.493 e. The second kappa shape index (κ2) is 7.44. The molecule has 0 aliphatic carbocycles. The van der Waals surface area contributed by atoms with Crippen molar-refractivity contribution in [1.29, 1.82) is 0 Å². The normalized spacial score (nSPS) is 11.0. The summed E-state index contributed by atoms with van der Waals surface area (Å²) in [6.45, 7) is 3.90. The van der Waals surface area contributed by atoms with Gasteiger partial charge in [0, 0.05) is 13.1 Å². The van der Waals surface area contributed by atoms with Crippen LogP contribution in [0.2, 0.25) is 0 Å². The second-order valence-corrected chi connectivity index (χ2v) is 5.11. The highest BCUT2D eigenvalue weighted by Gasteiger charge is 2.07. The van der Waals surface area contributed by atoms with Crippen LogP contribution in [-0.4, -0.2) is 33.9 Å². The van der Waals surface area contributed by atoms with Gasteiger partial charge in [0.05, 0.1) is 13.2 Å². The third kappa shape index (κ3) is 4.57. The van der Waals surface area contributed by atoms with E-state index in [1.807, 2.05) is 32.0 Å². The summed E-state index contributed by atoms with van der Waals surface area (Å²) in [5.74, 6) is 1.39. The molecule has 0 fully saturated rings. The molecule has 0 bridgehead atoms. The zero-order chi connectivity index (χ0) is 16.8. The van der Waals surface area contributed by atoms with Gasteiger partial charge in [0.1, 0.15) is 6.33 Å². The van der Waals surface area contributed by atoms with Crippen molar-refractivity contribution in [2.24, 2.45) is 7.05 Å². The molecule has 1 heterocycles. The lowest BCUT2D eigenvalue weighted by Gasteiger charge is -2.13. The molecule has 1 aromatic heterocycles. The summed E-state index contributed by atoms with van der Waals surface area (Å²) in [6, 6.07) is 5.48. The van der Waals surface area contributed by atoms with Gasteiger partial charge in [-0.3, -0.25) is 10.1 Å². The Morgan fingerprint density at radius 1 is 1.35 bits per heavy atom. The average molecular weight is 316 g/mol. The third-order valence-corrected chi connectivity index (χ3v) is 2.92. The lowest BCUT2D eigenvalue weighted by Crippen LogP contribution is -2.12. The fourth-order valence-corrected chi connectivity index (χ4v) is 1.87. The fraction of sp³-hybridized carbons (Fsp3) is 0.312. The zero-order valence-corrected chi connectivity index (χ0v) is 13.6. The molecule has 23 heavy (non-hydrogen) atoms. The molecule has 2 rings (SSSR count). The van der Waals surface area contributed by atoms with Crippen LogP contribution >= 0.6 is 0 Å². The van der Waals surface area contributed by atoms with Crippen LogP contribution in [0.3, 0.4) is 0 Å². The molecule has 2 aromatic rings. The molecule has 0 saturated carbocycles. The van der Waals surface area contributed by atoms with Crippen molar-refractivity contribution in [1.82, 2.24) is 14.8 Å². The monoisotopic (exact) mass is 316 g/mol. The number of ether oxygens (including phenoxy) is 2. The maximum Gasteiger partial charge on any atom is 0.250 e. The predicted molar refractivity (Wildman–Crippen MR) is 87.4 cm³/mol. The van der Waals surface area contributed by atoms with E-state index in [0.29, 0.717) is 17.4 Å². The summed E-state index contributed by atoms with van der Waals surface area (Å²) in [6.07, 6.45) is 4.54. The van der Waals surface area contributed by atoms with E-state index in [1.165, 1.54) is 17.1 Å². The number of benzene rings is 1. The van der Waals surface area contributed by atoms with Crippen molar-refractivity contribution in [3.63, 3.8) is 0 Å². The number of hydrogen-bond donors (Lipinski definition) is 1. The van der Waals surface area contributed by atoms with E-state index in [-0.39, 0.29) is 12.0 Å². The van der Waals surface area contributed by atoms with Gasteiger partial charge in [-0.1, -0.05) is 6.07 Å². The number of amides is 1. The van der Waals surface area contributed by atoms with Gasteiger partial charge in [0.25, 0.3) is 5.91 Å². The fourth-order valence-electron chi connectivity index (χ4n) is 1.87. The average Bonchev–Trinajstić information content (AvgIpc) is 2.91. The van der Waals surface area contributed by atoms with Crippen LogP contribution in [0, 0.1) is 0 Å². The Kier molecular flexibility index (Phi) is 5.35. The first-order valence-corrected chi connectivity index (χ1v) is 7.17. The highest BCUT2D eigenvalue weighted by atomic mass is 16.5. The van der Waals surface area contributed by atoms with Crippen LogP contribution in [-0.2, 0) is 11.8 Å². The Hall–Kier alpha value is -2.83. The van der Waals surface area contributed by atoms with Gasteiger partial charge in [0.15, 0.2) is 11.5 Å². The van der Waals surface area contributed by atoms with E-state index in [1.54, 1.807) is 20.2 Å². The number of carbonyl (C=O) groups excluding carboxylic acids is 1. The summed E-state index contributed by atoms with van der Waals surface area (Å²) < 4.78 is 12.4. The van der Waals surface area contributed by atoms with E-state index in [0.717, 1.165) is 5.56 Å². The smallest absolute Gasteiger partial charge is 0.250 e. The molecular formula is C16H20N4O3. The molecule has 1 aromatic carbocycles. The number of aromatic nitrogens is 3. The molecule has 1 N–H and O–H groups in total. The van der Waals surface area contributed by atoms with Gasteiger partial charge < -0.3 is 9.47 Å². The summed E-state index contributed by atoms with van der Waals surface area (Å²) in [7, 11) is 3.28. The summed E-state index contributed by atoms with van der Waals surface area (Å²) >= 11 is 0. The topological polar surface area (TPSA) is 78.3 Å². The van der Waals surface area contributed by atoms with Crippen LogP contribution in [0.4, 0.5) is 5.95 Å². The van der Waals surface area contributed by atoms with Crippen molar-refractivity contribution < 1.29 is 14.3 Å². The lowest BCUT2D eigenvalue weighted by molar-refractivity contribution is -0.111. The summed E-state index contributed by atoms with van der Waals surface area (Å²) in [5.41, 5.74) is 0.825. The molecule has 122 valence electrons. The Morgan fingerprint density at radius 3 is 2.74 bits per heavy atom. The predicted octanol–water partition coefficient (Wildman–Crippen LogP) is 2.26. The van der Waals surface area contributed by atoms with Crippen molar-refractivity contribution in [3.8, 4) is 11.5 Å². The molecular weight excluding hydrogens is 296 g/mol. The molecule has 0 saturated heterocycles. The van der Waals surface area contributed by atoms with Crippen LogP contribution in [0.1, 0.15) is 19.4 Å². The van der Waals surface area contributed by atoms with E-state index < -0.39 is 0 Å². The SMILES string of the molecule is COc1cc(/C=C/C(=O)Nc2ncnn2C)ccc1OC(C)C. The molecule has 0 aliphatic heterocycles. The van der Waals surface area contributed by atoms with Crippen LogP contribution < -0.4 is 14.8 Å². The number of nitrogens with zero attached hydrogens (tertiary/aromatic N) is 3. The molecule has 0 spiro atoms. The maximum atomic E-state index is 11.9. The number of aryl methyl sites for hydroxylation is 1. The molecule has 0 aliphatic rings. The van der Waals surface area contributed by atoms with E-state index in [2.05, 4.69) is 15.4 Å². The highest BCUT2D eigenvalue weighted by molar-refractivity contribution is 6.00. The van der Waals surface area contributed by atoms with Crippen molar-refractivity contribution in [2.45, 2.75) is 20.0 Å². The first-order chi connectivity index (χ1) is 11.0. The molecule has 7 nitrogen and oxygen atoms in total. The first-order valence-electron chi connectivity index (χ1n) is 7.17. The summed E-state index contributed by atoms with van der Waals surface area (Å²) in [4.78, 5) is 15.8. The van der Waals surface area contributed by atoms with Crippen LogP contribution in [0.5, 0.6) is 11.5 Å². The van der Waals surface area contributed by atoms with Crippen LogP contribution in [0.25, 0.3) is 6.08 Å². The maximum absolute atomic E-state index is 11.9. The van der Waals surface area contributed by atoms with Gasteiger partial charge in [-0.15, -0.1) is 0 Å². The number of carbonyl (C=O) groups is 1. The standard InChI is InChI=1S/C16H20N4O3/c1-11(2)23-13-7-5-12(9-14(13)22-4)6-8-15(21)19-16-17-10-18-20(16)3/h5-11H,1-4H3,(H,17,18,19,21)/b8-6+. The Labute approximate surface area is 134 Å². The minimum absolute atomic E-state index is 0.0578. The molecule has 1 amide bonds. The second-order valence-electron chi connectivity index (χ2n) is 5.11. The number of methoxy groups -OCH3 is 1. The van der Waals surface area contributed by atoms with Gasteiger partial charge in [-0.05, 0) is 37.6 Å². The van der Waals surface area contributed by atoms with Gasteiger partial charge in [-0.25, -0.2) is 4.68 Å². The van der Waals surface area contributed by atoms with E-state index in [4.69, 9.17) is 9.47 Å². The number of hydrogen-bond acceptors (Lipinski definition) is 5. The van der Waals surface area contributed by atoms with Crippen molar-refractivity contribution in [3.05, 3.63) is 36.2 Å². The molecule has 0 unspecified atom stereocenters. The highest BCUT2D eigenvalue weighted by Crippen LogP contribution is 2.29. The van der Waals surface area contributed by atoms with Gasteiger partial charge in [-0.2, -0.15) is 10.1 Å². The third-order valence-electron chi connectivity index (χ3n) is 2.92. The Balaban J connectivity index is 2.07. The lowest BCUT2D eigenvalue weighted by atomic mass is 10.2. The minimum Gasteiger partial charge on any atom is -0.493 e. The Morgan fingerprint density at radius 2 is 2.13 bits per heavy atom. The molecule has 0 atom stereocenters. The number of rotatable bonds is 6. The summed E-state index contributed by atoms with van der Waals surface area (Å²) in [5, 5.41) is 6.51. The quantitative estimate of drug-likeness (QED) is 0.827. The van der Waals surface area contributed by atoms with Crippen molar-refractivity contribution >= 4 is 17.9 Å². The van der Waals surface area contributed by atoms with Gasteiger partial charge in [0.2, 0.25) is 5.95 Å². The van der Waals surface area contributed by atoms with E-state index in [9.17, 15) is 4.79 Å². The first kappa shape index (κ1) is 16.5. The molecule has 0 radical (unpaired) electrons. The Bertz CT molecular complexity index is 707.